The second kappa shape index (κ2) is 16.5. The monoisotopic (exact) mass is 314 g/mol. The van der Waals surface area contributed by atoms with Gasteiger partial charge in [0.15, 0.2) is 0 Å². The van der Waals surface area contributed by atoms with Gasteiger partial charge in [-0.05, 0) is 25.7 Å². The van der Waals surface area contributed by atoms with Crippen LogP contribution in [-0.2, 0) is 9.68 Å². The first-order valence-corrected chi connectivity index (χ1v) is 8.89. The van der Waals surface area contributed by atoms with Crippen LogP contribution in [0.25, 0.3) is 0 Å². The Morgan fingerprint density at radius 1 is 1.00 bits per heavy atom. The average molecular weight is 314 g/mol. The zero-order valence-corrected chi connectivity index (χ0v) is 14.1. The Balaban J connectivity index is 3.47. The summed E-state index contributed by atoms with van der Waals surface area (Å²) in [4.78, 5) is 14.9. The summed E-state index contributed by atoms with van der Waals surface area (Å²) in [5, 5.41) is 17.4. The van der Waals surface area contributed by atoms with Gasteiger partial charge in [0.25, 0.3) is 0 Å². The molecule has 0 rings (SSSR count). The van der Waals surface area contributed by atoms with Crippen LogP contribution in [0, 0.1) is 0 Å². The molecule has 0 saturated carbocycles. The van der Waals surface area contributed by atoms with E-state index in [2.05, 4.69) is 17.9 Å². The number of carboxylic acid groups (broad SMARTS) is 1. The van der Waals surface area contributed by atoms with Gasteiger partial charge in [-0.1, -0.05) is 70.4 Å². The van der Waals surface area contributed by atoms with Gasteiger partial charge >= 0.3 is 5.97 Å². The quantitative estimate of drug-likeness (QED) is 0.169. The lowest BCUT2D eigenvalue weighted by atomic mass is 10.1. The average Bonchev–Trinajstić information content (AvgIpc) is 2.50. The van der Waals surface area contributed by atoms with Crippen LogP contribution in [0.3, 0.4) is 0 Å². The molecule has 0 fully saturated rings. The fourth-order valence-electron chi connectivity index (χ4n) is 2.45. The summed E-state index contributed by atoms with van der Waals surface area (Å²) in [7, 11) is 0. The molecule has 0 spiro atoms. The van der Waals surface area contributed by atoms with Crippen molar-refractivity contribution >= 4 is 5.97 Å². The Labute approximate surface area is 135 Å². The van der Waals surface area contributed by atoms with Gasteiger partial charge in [0, 0.05) is 6.42 Å². The minimum Gasteiger partial charge on any atom is -0.481 e. The summed E-state index contributed by atoms with van der Waals surface area (Å²) in [5.74, 6) is -0.711. The van der Waals surface area contributed by atoms with Crippen LogP contribution in [0.5, 0.6) is 0 Å². The van der Waals surface area contributed by atoms with Gasteiger partial charge in [0.2, 0.25) is 0 Å². The molecule has 0 heterocycles. The highest BCUT2D eigenvalue weighted by molar-refractivity contribution is 5.66. The van der Waals surface area contributed by atoms with E-state index < -0.39 is 5.97 Å². The highest BCUT2D eigenvalue weighted by Gasteiger charge is 2.03. The molecule has 0 saturated heterocycles. The summed E-state index contributed by atoms with van der Waals surface area (Å²) in [6.45, 7) is 2.21. The Morgan fingerprint density at radius 2 is 1.64 bits per heavy atom. The zero-order valence-electron chi connectivity index (χ0n) is 14.1. The summed E-state index contributed by atoms with van der Waals surface area (Å²) >= 11 is 0. The van der Waals surface area contributed by atoms with E-state index in [1.807, 2.05) is 6.08 Å². The molecule has 130 valence electrons. The lowest BCUT2D eigenvalue weighted by molar-refractivity contribution is -0.267. The first kappa shape index (κ1) is 21.1. The zero-order chi connectivity index (χ0) is 16.5. The normalized spacial score (nSPS) is 12.8. The fraction of sp³-hybridized carbons (Fsp3) is 0.833. The van der Waals surface area contributed by atoms with Crippen LogP contribution >= 0.6 is 0 Å². The Bertz CT molecular complexity index is 276. The van der Waals surface area contributed by atoms with Crippen molar-refractivity contribution in [3.63, 3.8) is 0 Å². The van der Waals surface area contributed by atoms with Crippen molar-refractivity contribution in [2.75, 3.05) is 0 Å². The molecule has 0 aromatic carbocycles. The number of carboxylic acids is 1. The van der Waals surface area contributed by atoms with E-state index in [4.69, 9.17) is 10.4 Å². The molecule has 0 aliphatic rings. The largest absolute Gasteiger partial charge is 0.481 e. The van der Waals surface area contributed by atoms with Crippen molar-refractivity contribution in [2.45, 2.75) is 96.5 Å². The fourth-order valence-corrected chi connectivity index (χ4v) is 2.45. The van der Waals surface area contributed by atoms with Crippen LogP contribution in [0.2, 0.25) is 0 Å². The maximum Gasteiger partial charge on any atom is 0.303 e. The summed E-state index contributed by atoms with van der Waals surface area (Å²) < 4.78 is 0. The highest BCUT2D eigenvalue weighted by atomic mass is 17.1. The summed E-state index contributed by atoms with van der Waals surface area (Å²) in [6, 6.07) is 0. The molecule has 4 nitrogen and oxygen atoms in total. The third kappa shape index (κ3) is 15.5. The number of carbonyl (C=O) groups is 1. The second-order valence-corrected chi connectivity index (χ2v) is 5.98. The van der Waals surface area contributed by atoms with E-state index in [9.17, 15) is 4.79 Å². The molecule has 0 radical (unpaired) electrons. The molecule has 4 heteroatoms. The van der Waals surface area contributed by atoms with E-state index in [1.54, 1.807) is 0 Å². The third-order valence-corrected chi connectivity index (χ3v) is 3.84. The van der Waals surface area contributed by atoms with Crippen molar-refractivity contribution in [2.24, 2.45) is 0 Å². The minimum absolute atomic E-state index is 0.182. The first-order chi connectivity index (χ1) is 10.7. The molecule has 0 aliphatic carbocycles. The van der Waals surface area contributed by atoms with Crippen LogP contribution in [0.1, 0.15) is 90.4 Å². The molecular formula is C18H34O4. The Morgan fingerprint density at radius 3 is 2.32 bits per heavy atom. The molecular weight excluding hydrogens is 280 g/mol. The lowest BCUT2D eigenvalue weighted by Crippen LogP contribution is -2.06. The van der Waals surface area contributed by atoms with E-state index >= 15 is 0 Å². The van der Waals surface area contributed by atoms with Crippen molar-refractivity contribution in [1.82, 2.24) is 0 Å². The first-order valence-electron chi connectivity index (χ1n) is 8.89. The lowest BCUT2D eigenvalue weighted by Gasteiger charge is -2.08. The smallest absolute Gasteiger partial charge is 0.303 e. The number of allylic oxidation sites excluding steroid dienone is 1. The van der Waals surface area contributed by atoms with Crippen molar-refractivity contribution in [3.05, 3.63) is 12.2 Å². The van der Waals surface area contributed by atoms with Crippen LogP contribution in [-0.4, -0.2) is 22.4 Å². The van der Waals surface area contributed by atoms with Gasteiger partial charge < -0.3 is 5.11 Å². The molecule has 0 unspecified atom stereocenters. The molecule has 0 aliphatic heterocycles. The van der Waals surface area contributed by atoms with Crippen LogP contribution in [0.15, 0.2) is 12.2 Å². The number of unbranched alkanes of at least 4 members (excludes halogenated alkanes) is 9. The Kier molecular flexibility index (Phi) is 15.8. The molecule has 0 aromatic rings. The van der Waals surface area contributed by atoms with Crippen LogP contribution in [0.4, 0.5) is 0 Å². The third-order valence-electron chi connectivity index (χ3n) is 3.84. The molecule has 0 aromatic heterocycles. The highest BCUT2D eigenvalue weighted by Crippen LogP contribution is 2.12. The van der Waals surface area contributed by atoms with Gasteiger partial charge in [-0.15, -0.1) is 0 Å². The number of rotatable bonds is 16. The molecule has 0 amide bonds. The molecule has 2 N–H and O–H groups in total. The maximum atomic E-state index is 10.4. The predicted molar refractivity (Wildman–Crippen MR) is 90.0 cm³/mol. The number of hydrogen-bond donors (Lipinski definition) is 2. The topological polar surface area (TPSA) is 66.8 Å². The second-order valence-electron chi connectivity index (χ2n) is 5.98. The van der Waals surface area contributed by atoms with Crippen molar-refractivity contribution in [1.29, 1.82) is 0 Å². The Hall–Kier alpha value is -0.870. The van der Waals surface area contributed by atoms with Gasteiger partial charge in [-0.2, -0.15) is 0 Å². The minimum atomic E-state index is -0.711. The molecule has 1 atom stereocenters. The molecule has 0 bridgehead atoms. The number of aliphatic carboxylic acids is 1. The molecule has 22 heavy (non-hydrogen) atoms. The standard InChI is InChI=1S/C18H34O4/c1-2-3-4-5-8-11-14-17(22-21)15-12-9-6-7-10-13-16-18(19)20/h12,15,17,21H,2-11,13-14,16H2,1H3,(H,19,20)/t17-/m0/s1. The van der Waals surface area contributed by atoms with Crippen molar-refractivity contribution < 1.29 is 20.0 Å². The predicted octanol–water partition coefficient (Wildman–Crippen LogP) is 5.58. The van der Waals surface area contributed by atoms with E-state index in [-0.39, 0.29) is 12.5 Å². The van der Waals surface area contributed by atoms with E-state index in [0.29, 0.717) is 0 Å². The van der Waals surface area contributed by atoms with Crippen molar-refractivity contribution in [3.8, 4) is 0 Å². The SMILES string of the molecule is CCCCCCCC[C@@H](C=CCCCCCCC(=O)O)OO. The maximum absolute atomic E-state index is 10.4. The summed E-state index contributed by atoms with van der Waals surface area (Å²) in [6.07, 6.45) is 17.2. The van der Waals surface area contributed by atoms with Crippen LogP contribution < -0.4 is 0 Å². The van der Waals surface area contributed by atoms with Gasteiger partial charge in [0.05, 0.1) is 0 Å². The summed E-state index contributed by atoms with van der Waals surface area (Å²) in [5.41, 5.74) is 0. The van der Waals surface area contributed by atoms with E-state index in [0.717, 1.165) is 44.9 Å². The van der Waals surface area contributed by atoms with Gasteiger partial charge in [-0.3, -0.25) is 10.1 Å². The van der Waals surface area contributed by atoms with Gasteiger partial charge in [0.1, 0.15) is 6.10 Å². The number of hydrogen-bond acceptors (Lipinski definition) is 3. The van der Waals surface area contributed by atoms with E-state index in [1.165, 1.54) is 32.1 Å². The van der Waals surface area contributed by atoms with Gasteiger partial charge in [-0.25, -0.2) is 4.89 Å².